The van der Waals surface area contributed by atoms with Gasteiger partial charge in [0.1, 0.15) is 23.4 Å². The van der Waals surface area contributed by atoms with Crippen LogP contribution in [0.2, 0.25) is 0 Å². The van der Waals surface area contributed by atoms with Gasteiger partial charge in [-0.05, 0) is 50.1 Å². The average Bonchev–Trinajstić information content (AvgIpc) is 2.57. The van der Waals surface area contributed by atoms with Crippen molar-refractivity contribution in [2.75, 3.05) is 0 Å². The average molecular weight is 234 g/mol. The monoisotopic (exact) mass is 234 g/mol. The fourth-order valence-electron chi connectivity index (χ4n) is 2.04. The first-order chi connectivity index (χ1) is 7.99. The van der Waals surface area contributed by atoms with Crippen LogP contribution in [-0.2, 0) is 0 Å². The topological polar surface area (TPSA) is 33.4 Å². The van der Waals surface area contributed by atoms with Crippen LogP contribution in [0, 0.1) is 26.6 Å². The maximum Gasteiger partial charge on any atom is 0.123 e. The summed E-state index contributed by atoms with van der Waals surface area (Å²) in [5, 5.41) is 10.3. The van der Waals surface area contributed by atoms with Crippen molar-refractivity contribution >= 4 is 0 Å². The second-order valence-corrected chi connectivity index (χ2v) is 4.27. The van der Waals surface area contributed by atoms with Crippen LogP contribution < -0.4 is 0 Å². The van der Waals surface area contributed by atoms with Gasteiger partial charge in [-0.1, -0.05) is 6.07 Å². The second-order valence-electron chi connectivity index (χ2n) is 4.27. The molecule has 0 aliphatic heterocycles. The molecule has 0 radical (unpaired) electrons. The molecule has 3 heteroatoms. The molecule has 0 saturated carbocycles. The standard InChI is InChI=1S/C14H15FO2/c1-8-6-11(15)4-5-12(8)14(16)13-7-9(2)17-10(13)3/h4-7,14,16H,1-3H3. The van der Waals surface area contributed by atoms with Gasteiger partial charge in [0, 0.05) is 5.56 Å². The minimum absolute atomic E-state index is 0.293. The Kier molecular flexibility index (Phi) is 3.03. The third-order valence-electron chi connectivity index (χ3n) is 2.90. The van der Waals surface area contributed by atoms with Crippen molar-refractivity contribution < 1.29 is 13.9 Å². The van der Waals surface area contributed by atoms with Gasteiger partial charge in [0.05, 0.1) is 0 Å². The van der Waals surface area contributed by atoms with E-state index in [0.29, 0.717) is 11.3 Å². The van der Waals surface area contributed by atoms with E-state index in [-0.39, 0.29) is 5.82 Å². The van der Waals surface area contributed by atoms with Crippen molar-refractivity contribution in [1.29, 1.82) is 0 Å². The lowest BCUT2D eigenvalue weighted by molar-refractivity contribution is 0.217. The Balaban J connectivity index is 2.43. The predicted octanol–water partition coefficient (Wildman–Crippen LogP) is 3.43. The Morgan fingerprint density at radius 2 is 1.82 bits per heavy atom. The van der Waals surface area contributed by atoms with E-state index in [2.05, 4.69) is 0 Å². The lowest BCUT2D eigenvalue weighted by atomic mass is 9.97. The molecule has 1 N–H and O–H groups in total. The van der Waals surface area contributed by atoms with Gasteiger partial charge >= 0.3 is 0 Å². The number of rotatable bonds is 2. The lowest BCUT2D eigenvalue weighted by Gasteiger charge is -2.13. The van der Waals surface area contributed by atoms with E-state index < -0.39 is 6.10 Å². The van der Waals surface area contributed by atoms with Crippen molar-refractivity contribution in [1.82, 2.24) is 0 Å². The van der Waals surface area contributed by atoms with Crippen LogP contribution >= 0.6 is 0 Å². The highest BCUT2D eigenvalue weighted by Gasteiger charge is 2.18. The number of aliphatic hydroxyl groups excluding tert-OH is 1. The van der Waals surface area contributed by atoms with E-state index in [1.165, 1.54) is 12.1 Å². The summed E-state index contributed by atoms with van der Waals surface area (Å²) in [6, 6.07) is 6.19. The number of halogens is 1. The minimum atomic E-state index is -0.770. The molecule has 17 heavy (non-hydrogen) atoms. The molecule has 0 fully saturated rings. The molecule has 0 aliphatic rings. The molecule has 90 valence electrons. The number of hydrogen-bond donors (Lipinski definition) is 1. The van der Waals surface area contributed by atoms with Gasteiger partial charge in [0.15, 0.2) is 0 Å². The molecule has 0 bridgehead atoms. The maximum absolute atomic E-state index is 13.0. The normalized spacial score (nSPS) is 12.8. The first-order valence-electron chi connectivity index (χ1n) is 5.50. The highest BCUT2D eigenvalue weighted by molar-refractivity contribution is 5.37. The summed E-state index contributed by atoms with van der Waals surface area (Å²) in [6.45, 7) is 5.43. The molecule has 1 atom stereocenters. The van der Waals surface area contributed by atoms with Crippen LogP contribution in [-0.4, -0.2) is 5.11 Å². The minimum Gasteiger partial charge on any atom is -0.466 e. The lowest BCUT2D eigenvalue weighted by Crippen LogP contribution is -2.02. The molecule has 1 heterocycles. The summed E-state index contributed by atoms with van der Waals surface area (Å²) in [4.78, 5) is 0. The van der Waals surface area contributed by atoms with Gasteiger partial charge in [0.25, 0.3) is 0 Å². The van der Waals surface area contributed by atoms with Crippen molar-refractivity contribution in [3.63, 3.8) is 0 Å². The molecular formula is C14H15FO2. The van der Waals surface area contributed by atoms with E-state index in [4.69, 9.17) is 4.42 Å². The number of aryl methyl sites for hydroxylation is 3. The highest BCUT2D eigenvalue weighted by Crippen LogP contribution is 2.29. The zero-order chi connectivity index (χ0) is 12.6. The van der Waals surface area contributed by atoms with Crippen molar-refractivity contribution in [2.45, 2.75) is 26.9 Å². The quantitative estimate of drug-likeness (QED) is 0.863. The SMILES string of the molecule is Cc1cc(C(O)c2ccc(F)cc2C)c(C)o1. The molecule has 1 aromatic heterocycles. The number of aliphatic hydroxyl groups is 1. The van der Waals surface area contributed by atoms with Gasteiger partial charge in [-0.2, -0.15) is 0 Å². The third kappa shape index (κ3) is 2.24. The smallest absolute Gasteiger partial charge is 0.123 e. The van der Waals surface area contributed by atoms with Crippen LogP contribution in [0.15, 0.2) is 28.7 Å². The zero-order valence-corrected chi connectivity index (χ0v) is 10.1. The van der Waals surface area contributed by atoms with Crippen molar-refractivity contribution in [3.05, 3.63) is 58.3 Å². The fourth-order valence-corrected chi connectivity index (χ4v) is 2.04. The largest absolute Gasteiger partial charge is 0.466 e. The molecule has 0 spiro atoms. The van der Waals surface area contributed by atoms with Crippen LogP contribution in [0.1, 0.15) is 34.3 Å². The molecule has 2 rings (SSSR count). The van der Waals surface area contributed by atoms with Gasteiger partial charge in [0.2, 0.25) is 0 Å². The van der Waals surface area contributed by atoms with Crippen molar-refractivity contribution in [2.24, 2.45) is 0 Å². The third-order valence-corrected chi connectivity index (χ3v) is 2.90. The van der Waals surface area contributed by atoms with Crippen LogP contribution in [0.25, 0.3) is 0 Å². The van der Waals surface area contributed by atoms with Gasteiger partial charge in [-0.3, -0.25) is 0 Å². The molecule has 0 saturated heterocycles. The Bertz CT molecular complexity index is 543. The van der Waals surface area contributed by atoms with Gasteiger partial charge in [-0.15, -0.1) is 0 Å². The summed E-state index contributed by atoms with van der Waals surface area (Å²) < 4.78 is 18.4. The van der Waals surface area contributed by atoms with E-state index >= 15 is 0 Å². The summed E-state index contributed by atoms with van der Waals surface area (Å²) in [5.41, 5.74) is 2.17. The van der Waals surface area contributed by atoms with E-state index in [1.807, 2.05) is 19.9 Å². The summed E-state index contributed by atoms with van der Waals surface area (Å²) >= 11 is 0. The first kappa shape index (κ1) is 11.9. The molecule has 1 unspecified atom stereocenters. The molecule has 2 nitrogen and oxygen atoms in total. The van der Waals surface area contributed by atoms with E-state index in [0.717, 1.165) is 16.9 Å². The van der Waals surface area contributed by atoms with Crippen LogP contribution in [0.3, 0.4) is 0 Å². The Morgan fingerprint density at radius 1 is 1.12 bits per heavy atom. The van der Waals surface area contributed by atoms with Crippen molar-refractivity contribution in [3.8, 4) is 0 Å². The molecule has 0 aliphatic carbocycles. The summed E-state index contributed by atoms with van der Waals surface area (Å²) in [7, 11) is 0. The summed E-state index contributed by atoms with van der Waals surface area (Å²) in [5.74, 6) is 1.16. The van der Waals surface area contributed by atoms with Crippen LogP contribution in [0.5, 0.6) is 0 Å². The Morgan fingerprint density at radius 3 is 2.35 bits per heavy atom. The molecule has 1 aromatic carbocycles. The molecular weight excluding hydrogens is 219 g/mol. The number of hydrogen-bond acceptors (Lipinski definition) is 2. The molecule has 2 aromatic rings. The van der Waals surface area contributed by atoms with Gasteiger partial charge < -0.3 is 9.52 Å². The molecule has 0 amide bonds. The van der Waals surface area contributed by atoms with Gasteiger partial charge in [-0.25, -0.2) is 4.39 Å². The highest BCUT2D eigenvalue weighted by atomic mass is 19.1. The zero-order valence-electron chi connectivity index (χ0n) is 10.1. The Labute approximate surface area is 99.7 Å². The van der Waals surface area contributed by atoms with E-state index in [9.17, 15) is 9.50 Å². The Hall–Kier alpha value is -1.61. The number of benzene rings is 1. The van der Waals surface area contributed by atoms with E-state index in [1.54, 1.807) is 13.0 Å². The second kappa shape index (κ2) is 4.34. The van der Waals surface area contributed by atoms with Crippen LogP contribution in [0.4, 0.5) is 4.39 Å². The number of furan rings is 1. The first-order valence-corrected chi connectivity index (χ1v) is 5.50. The predicted molar refractivity (Wildman–Crippen MR) is 63.4 cm³/mol. The maximum atomic E-state index is 13.0. The fraction of sp³-hybridized carbons (Fsp3) is 0.286. The summed E-state index contributed by atoms with van der Waals surface area (Å²) in [6.07, 6.45) is -0.770.